The standard InChI is InChI=1S/C10H15NO5S3/c12-5-9-3-10(6-17-9)19(15,16)11-4-8-1-2-18(13,14)7-8/h3,6,8,11-12H,1-2,4-5,7H2. The summed E-state index contributed by atoms with van der Waals surface area (Å²) in [6.07, 6.45) is 0.496. The Morgan fingerprint density at radius 1 is 1.47 bits per heavy atom. The molecule has 108 valence electrons. The molecule has 1 fully saturated rings. The first-order valence-electron chi connectivity index (χ1n) is 5.71. The number of nitrogens with one attached hydrogen (secondary N) is 1. The predicted octanol–water partition coefficient (Wildman–Crippen LogP) is -0.0466. The van der Waals surface area contributed by atoms with Crippen molar-refractivity contribution in [2.45, 2.75) is 17.9 Å². The summed E-state index contributed by atoms with van der Waals surface area (Å²) in [5.74, 6) is 0.0174. The number of rotatable bonds is 5. The lowest BCUT2D eigenvalue weighted by Gasteiger charge is -2.09. The second kappa shape index (κ2) is 5.49. The van der Waals surface area contributed by atoms with E-state index in [0.717, 1.165) is 0 Å². The van der Waals surface area contributed by atoms with Crippen molar-refractivity contribution >= 4 is 31.2 Å². The summed E-state index contributed by atoms with van der Waals surface area (Å²) in [6.45, 7) is -0.0626. The van der Waals surface area contributed by atoms with E-state index in [-0.39, 0.29) is 35.5 Å². The van der Waals surface area contributed by atoms with Crippen LogP contribution in [0.2, 0.25) is 0 Å². The van der Waals surface area contributed by atoms with Crippen LogP contribution >= 0.6 is 11.3 Å². The summed E-state index contributed by atoms with van der Waals surface area (Å²) in [7, 11) is -6.61. The predicted molar refractivity (Wildman–Crippen MR) is 72.2 cm³/mol. The maximum absolute atomic E-state index is 11.9. The van der Waals surface area contributed by atoms with Crippen molar-refractivity contribution < 1.29 is 21.9 Å². The molecule has 2 heterocycles. The molecular weight excluding hydrogens is 310 g/mol. The van der Waals surface area contributed by atoms with Crippen molar-refractivity contribution in [3.8, 4) is 0 Å². The molecule has 0 saturated carbocycles. The maximum atomic E-state index is 11.9. The van der Waals surface area contributed by atoms with Gasteiger partial charge in [0, 0.05) is 16.8 Å². The van der Waals surface area contributed by atoms with Crippen molar-refractivity contribution in [2.24, 2.45) is 5.92 Å². The number of hydrogen-bond donors (Lipinski definition) is 2. The smallest absolute Gasteiger partial charge is 0.241 e. The molecule has 0 aliphatic carbocycles. The van der Waals surface area contributed by atoms with Crippen molar-refractivity contribution in [3.63, 3.8) is 0 Å². The van der Waals surface area contributed by atoms with Gasteiger partial charge in [-0.05, 0) is 18.4 Å². The van der Waals surface area contributed by atoms with Crippen molar-refractivity contribution in [1.82, 2.24) is 4.72 Å². The van der Waals surface area contributed by atoms with Crippen molar-refractivity contribution in [1.29, 1.82) is 0 Å². The Morgan fingerprint density at radius 3 is 2.74 bits per heavy atom. The van der Waals surface area contributed by atoms with Crippen LogP contribution in [0.4, 0.5) is 0 Å². The number of sulfonamides is 1. The molecule has 0 aromatic carbocycles. The van der Waals surface area contributed by atoms with Gasteiger partial charge in [0.25, 0.3) is 0 Å². The van der Waals surface area contributed by atoms with Crippen LogP contribution in [0.3, 0.4) is 0 Å². The molecule has 6 nitrogen and oxygen atoms in total. The van der Waals surface area contributed by atoms with Gasteiger partial charge in [-0.25, -0.2) is 21.6 Å². The highest BCUT2D eigenvalue weighted by atomic mass is 32.2. The SMILES string of the molecule is O=S1(=O)CCC(CNS(=O)(=O)c2csc(CO)c2)C1. The minimum absolute atomic E-state index is 0.0427. The second-order valence-electron chi connectivity index (χ2n) is 4.53. The highest BCUT2D eigenvalue weighted by Crippen LogP contribution is 2.21. The Balaban J connectivity index is 1.98. The molecule has 1 saturated heterocycles. The first kappa shape index (κ1) is 14.9. The van der Waals surface area contributed by atoms with Gasteiger partial charge >= 0.3 is 0 Å². The molecule has 19 heavy (non-hydrogen) atoms. The summed E-state index contributed by atoms with van der Waals surface area (Å²) in [6, 6.07) is 1.42. The van der Waals surface area contributed by atoms with Crippen LogP contribution in [-0.4, -0.2) is 40.0 Å². The largest absolute Gasteiger partial charge is 0.391 e. The molecule has 0 amide bonds. The zero-order valence-corrected chi connectivity index (χ0v) is 12.5. The Hall–Kier alpha value is -0.480. The zero-order valence-electron chi connectivity index (χ0n) is 10.1. The van der Waals surface area contributed by atoms with Gasteiger partial charge in [0.15, 0.2) is 9.84 Å². The lowest BCUT2D eigenvalue weighted by molar-refractivity contribution is 0.285. The topological polar surface area (TPSA) is 101 Å². The van der Waals surface area contributed by atoms with E-state index in [1.165, 1.54) is 22.8 Å². The molecule has 0 bridgehead atoms. The monoisotopic (exact) mass is 325 g/mol. The van der Waals surface area contributed by atoms with E-state index in [1.54, 1.807) is 0 Å². The Morgan fingerprint density at radius 2 is 2.21 bits per heavy atom. The van der Waals surface area contributed by atoms with Gasteiger partial charge in [-0.15, -0.1) is 11.3 Å². The fraction of sp³-hybridized carbons (Fsp3) is 0.600. The molecule has 0 radical (unpaired) electrons. The third-order valence-corrected chi connectivity index (χ3v) is 7.30. The van der Waals surface area contributed by atoms with Gasteiger partial charge < -0.3 is 5.11 Å². The van der Waals surface area contributed by atoms with Gasteiger partial charge in [-0.3, -0.25) is 0 Å². The number of hydrogen-bond acceptors (Lipinski definition) is 6. The van der Waals surface area contributed by atoms with Crippen molar-refractivity contribution in [2.75, 3.05) is 18.1 Å². The van der Waals surface area contributed by atoms with Gasteiger partial charge in [-0.1, -0.05) is 0 Å². The molecular formula is C10H15NO5S3. The van der Waals surface area contributed by atoms with Gasteiger partial charge in [0.05, 0.1) is 23.0 Å². The lowest BCUT2D eigenvalue weighted by Crippen LogP contribution is -2.29. The number of thiophene rings is 1. The zero-order chi connectivity index (χ0) is 14.1. The number of aliphatic hydroxyl groups is 1. The van der Waals surface area contributed by atoms with Crippen LogP contribution in [0.1, 0.15) is 11.3 Å². The van der Waals surface area contributed by atoms with Gasteiger partial charge in [0.1, 0.15) is 0 Å². The molecule has 9 heteroatoms. The van der Waals surface area contributed by atoms with E-state index in [2.05, 4.69) is 4.72 Å². The molecule has 2 rings (SSSR count). The minimum Gasteiger partial charge on any atom is -0.391 e. The molecule has 1 atom stereocenters. The minimum atomic E-state index is -3.62. The molecule has 1 aliphatic heterocycles. The first-order chi connectivity index (χ1) is 8.82. The summed E-state index contributed by atoms with van der Waals surface area (Å²) < 4.78 is 48.9. The van der Waals surface area contributed by atoms with Crippen LogP contribution in [0.5, 0.6) is 0 Å². The lowest BCUT2D eigenvalue weighted by atomic mass is 10.1. The molecule has 0 spiro atoms. The Bertz CT molecular complexity index is 646. The summed E-state index contributed by atoms with van der Waals surface area (Å²) in [5, 5.41) is 10.4. The third-order valence-electron chi connectivity index (χ3n) is 2.98. The number of sulfone groups is 1. The summed E-state index contributed by atoms with van der Waals surface area (Å²) >= 11 is 1.17. The van der Waals surface area contributed by atoms with Crippen LogP contribution < -0.4 is 4.72 Å². The second-order valence-corrected chi connectivity index (χ2v) is 9.52. The average Bonchev–Trinajstić information content (AvgIpc) is 2.93. The van der Waals surface area contributed by atoms with E-state index >= 15 is 0 Å². The first-order valence-corrected chi connectivity index (χ1v) is 9.89. The molecule has 2 N–H and O–H groups in total. The third kappa shape index (κ3) is 3.76. The molecule has 1 aromatic rings. The van der Waals surface area contributed by atoms with Crippen molar-refractivity contribution in [3.05, 3.63) is 16.3 Å². The normalized spacial score (nSPS) is 22.7. The quantitative estimate of drug-likeness (QED) is 0.791. The van der Waals surface area contributed by atoms with E-state index in [0.29, 0.717) is 11.3 Å². The fourth-order valence-electron chi connectivity index (χ4n) is 1.93. The molecule has 1 aromatic heterocycles. The van der Waals surface area contributed by atoms with Gasteiger partial charge in [0.2, 0.25) is 10.0 Å². The van der Waals surface area contributed by atoms with Crippen LogP contribution in [0.15, 0.2) is 16.3 Å². The Labute approximate surface area is 116 Å². The van der Waals surface area contributed by atoms with E-state index in [9.17, 15) is 16.8 Å². The summed E-state index contributed by atoms with van der Waals surface area (Å²) in [5.41, 5.74) is 0. The fourth-order valence-corrected chi connectivity index (χ4v) is 6.04. The molecule has 1 unspecified atom stereocenters. The van der Waals surface area contributed by atoms with Gasteiger partial charge in [-0.2, -0.15) is 0 Å². The average molecular weight is 325 g/mol. The Kier molecular flexibility index (Phi) is 4.31. The maximum Gasteiger partial charge on any atom is 0.241 e. The highest BCUT2D eigenvalue weighted by Gasteiger charge is 2.29. The van der Waals surface area contributed by atoms with Crippen LogP contribution in [0.25, 0.3) is 0 Å². The van der Waals surface area contributed by atoms with Crippen LogP contribution in [-0.2, 0) is 26.5 Å². The summed E-state index contributed by atoms with van der Waals surface area (Å²) in [4.78, 5) is 0.686. The molecule has 1 aliphatic rings. The van der Waals surface area contributed by atoms with E-state index < -0.39 is 19.9 Å². The number of aliphatic hydroxyl groups excluding tert-OH is 1. The van der Waals surface area contributed by atoms with E-state index in [1.807, 2.05) is 0 Å². The van der Waals surface area contributed by atoms with E-state index in [4.69, 9.17) is 5.11 Å². The van der Waals surface area contributed by atoms with Crippen LogP contribution in [0, 0.1) is 5.92 Å². The highest BCUT2D eigenvalue weighted by molar-refractivity contribution is 7.91.